The molecule has 0 aliphatic heterocycles. The molecular formula is C17H18Cl2P2. The van der Waals surface area contributed by atoms with Crippen LogP contribution in [0.4, 0.5) is 0 Å². The number of benzene rings is 2. The first-order valence-electron chi connectivity index (χ1n) is 7.27. The number of halogens is 2. The maximum Gasteiger partial charge on any atom is 0.0892 e. The number of hydrogen-bond acceptors (Lipinski definition) is 0. The molecule has 0 nitrogen and oxygen atoms in total. The third-order valence-electron chi connectivity index (χ3n) is 4.10. The van der Waals surface area contributed by atoms with E-state index in [0.29, 0.717) is 11.3 Å². The van der Waals surface area contributed by atoms with Gasteiger partial charge in [0.2, 0.25) is 0 Å². The van der Waals surface area contributed by atoms with Crippen molar-refractivity contribution in [3.05, 3.63) is 60.7 Å². The summed E-state index contributed by atoms with van der Waals surface area (Å²) >= 11 is 12.7. The first-order valence-corrected chi connectivity index (χ1v) is 11.9. The molecule has 1 aliphatic rings. The summed E-state index contributed by atoms with van der Waals surface area (Å²) in [6, 6.07) is 21.8. The third-order valence-corrected chi connectivity index (χ3v) is 9.94. The molecule has 1 fully saturated rings. The number of hydrogen-bond donors (Lipinski definition) is 0. The summed E-state index contributed by atoms with van der Waals surface area (Å²) in [6.45, 7) is -0.893. The molecule has 21 heavy (non-hydrogen) atoms. The van der Waals surface area contributed by atoms with Crippen molar-refractivity contribution in [2.75, 3.05) is 0 Å². The fraction of sp³-hybridized carbons (Fsp3) is 0.294. The summed E-state index contributed by atoms with van der Waals surface area (Å²) in [5.41, 5.74) is 1.10. The summed E-state index contributed by atoms with van der Waals surface area (Å²) in [7, 11) is -0.376. The van der Waals surface area contributed by atoms with Crippen molar-refractivity contribution in [3.63, 3.8) is 0 Å². The van der Waals surface area contributed by atoms with Crippen molar-refractivity contribution in [1.29, 1.82) is 0 Å². The fourth-order valence-electron chi connectivity index (χ4n) is 3.16. The van der Waals surface area contributed by atoms with Gasteiger partial charge in [0.05, 0.1) is 6.63 Å². The zero-order valence-electron chi connectivity index (χ0n) is 11.7. The number of rotatable bonds is 4. The Balaban J connectivity index is 2.01. The van der Waals surface area contributed by atoms with Crippen molar-refractivity contribution >= 4 is 47.6 Å². The molecule has 2 aromatic rings. The van der Waals surface area contributed by atoms with Crippen LogP contribution in [-0.2, 0) is 0 Å². The van der Waals surface area contributed by atoms with Gasteiger partial charge >= 0.3 is 0 Å². The molecule has 2 aromatic carbocycles. The lowest BCUT2D eigenvalue weighted by atomic mass is 10.3. The highest BCUT2D eigenvalue weighted by Crippen LogP contribution is 2.63. The highest BCUT2D eigenvalue weighted by Gasteiger charge is 2.38. The third kappa shape index (κ3) is 3.62. The Labute approximate surface area is 138 Å². The van der Waals surface area contributed by atoms with Crippen LogP contribution in [0.25, 0.3) is 0 Å². The van der Waals surface area contributed by atoms with Crippen LogP contribution in [0, 0.1) is 0 Å². The standard InChI is InChI=1S/C17H18Cl2P2/c18-21(19)17-13-7-12-16(17)20(14-8-3-1-4-9-14)15-10-5-2-6-11-15/h1-6,8-11,16-17H,7,12-13H2. The average Bonchev–Trinajstić information content (AvgIpc) is 2.99. The molecule has 0 bridgehead atoms. The van der Waals surface area contributed by atoms with Crippen LogP contribution in [0.1, 0.15) is 19.3 Å². The van der Waals surface area contributed by atoms with Crippen molar-refractivity contribution in [1.82, 2.24) is 0 Å². The molecule has 0 N–H and O–H groups in total. The average molecular weight is 355 g/mol. The maximum atomic E-state index is 6.34. The Morgan fingerprint density at radius 3 is 1.67 bits per heavy atom. The van der Waals surface area contributed by atoms with Crippen LogP contribution in [-0.4, -0.2) is 11.3 Å². The summed E-state index contributed by atoms with van der Waals surface area (Å²) < 4.78 is 0. The van der Waals surface area contributed by atoms with Crippen LogP contribution in [0.15, 0.2) is 60.7 Å². The molecule has 110 valence electrons. The minimum absolute atomic E-state index is 0.376. The van der Waals surface area contributed by atoms with Crippen LogP contribution in [0.5, 0.6) is 0 Å². The molecule has 2 unspecified atom stereocenters. The Morgan fingerprint density at radius 2 is 1.19 bits per heavy atom. The SMILES string of the molecule is ClP(Cl)C1CCCC1P(c1ccccc1)c1ccccc1. The molecule has 2 atom stereocenters. The van der Waals surface area contributed by atoms with Crippen LogP contribution < -0.4 is 10.6 Å². The van der Waals surface area contributed by atoms with Gasteiger partial charge in [0.15, 0.2) is 0 Å². The highest BCUT2D eigenvalue weighted by atomic mass is 35.9. The second-order valence-corrected chi connectivity index (χ2v) is 11.7. The van der Waals surface area contributed by atoms with Gasteiger partial charge in [-0.15, -0.1) is 0 Å². The summed E-state index contributed by atoms with van der Waals surface area (Å²) in [4.78, 5) is 0. The first kappa shape index (κ1) is 15.8. The molecule has 0 spiro atoms. The molecule has 0 aromatic heterocycles. The van der Waals surface area contributed by atoms with E-state index in [0.717, 1.165) is 0 Å². The van der Waals surface area contributed by atoms with E-state index in [-0.39, 0.29) is 7.92 Å². The summed E-state index contributed by atoms with van der Waals surface area (Å²) in [5.74, 6) is 0. The maximum absolute atomic E-state index is 6.34. The second kappa shape index (κ2) is 7.43. The van der Waals surface area contributed by atoms with Gasteiger partial charge in [-0.3, -0.25) is 0 Å². The molecule has 0 radical (unpaired) electrons. The minimum Gasteiger partial charge on any atom is -0.0778 e. The van der Waals surface area contributed by atoms with Gasteiger partial charge < -0.3 is 0 Å². The molecule has 1 saturated carbocycles. The van der Waals surface area contributed by atoms with E-state index >= 15 is 0 Å². The molecule has 0 amide bonds. The molecule has 3 rings (SSSR count). The summed E-state index contributed by atoms with van der Waals surface area (Å²) in [6.07, 6.45) is 3.69. The zero-order chi connectivity index (χ0) is 14.7. The van der Waals surface area contributed by atoms with E-state index in [9.17, 15) is 0 Å². The van der Waals surface area contributed by atoms with Crippen molar-refractivity contribution in [3.8, 4) is 0 Å². The molecule has 0 saturated heterocycles. The lowest BCUT2D eigenvalue weighted by Gasteiger charge is -2.30. The van der Waals surface area contributed by atoms with Gasteiger partial charge in [0.25, 0.3) is 0 Å². The lowest BCUT2D eigenvalue weighted by Crippen LogP contribution is -2.25. The fourth-order valence-corrected chi connectivity index (χ4v) is 9.60. The van der Waals surface area contributed by atoms with E-state index in [2.05, 4.69) is 60.7 Å². The minimum atomic E-state index is -0.893. The van der Waals surface area contributed by atoms with Crippen molar-refractivity contribution in [2.45, 2.75) is 30.6 Å². The van der Waals surface area contributed by atoms with E-state index < -0.39 is 6.63 Å². The summed E-state index contributed by atoms with van der Waals surface area (Å²) in [5, 5.41) is 2.89. The Hall–Kier alpha value is -0.120. The van der Waals surface area contributed by atoms with E-state index in [1.54, 1.807) is 0 Å². The largest absolute Gasteiger partial charge is 0.0892 e. The molecular weight excluding hydrogens is 337 g/mol. The normalized spacial score (nSPS) is 22.1. The van der Waals surface area contributed by atoms with Gasteiger partial charge in [-0.2, -0.15) is 0 Å². The monoisotopic (exact) mass is 354 g/mol. The predicted octanol–water partition coefficient (Wildman–Crippen LogP) is 5.83. The van der Waals surface area contributed by atoms with Gasteiger partial charge in [-0.25, -0.2) is 0 Å². The smallest absolute Gasteiger partial charge is 0.0778 e. The predicted molar refractivity (Wildman–Crippen MR) is 99.1 cm³/mol. The quantitative estimate of drug-likeness (QED) is 0.606. The van der Waals surface area contributed by atoms with Gasteiger partial charge in [0, 0.05) is 5.66 Å². The second-order valence-electron chi connectivity index (χ2n) is 5.37. The van der Waals surface area contributed by atoms with Crippen molar-refractivity contribution in [2.24, 2.45) is 0 Å². The molecule has 4 heteroatoms. The van der Waals surface area contributed by atoms with E-state index in [4.69, 9.17) is 22.5 Å². The van der Waals surface area contributed by atoms with Crippen molar-refractivity contribution < 1.29 is 0 Å². The highest BCUT2D eigenvalue weighted by molar-refractivity contribution is 8.04. The van der Waals surface area contributed by atoms with E-state index in [1.807, 2.05) is 0 Å². The van der Waals surface area contributed by atoms with E-state index in [1.165, 1.54) is 29.9 Å². The van der Waals surface area contributed by atoms with Crippen LogP contribution >= 0.6 is 37.0 Å². The Morgan fingerprint density at radius 1 is 0.714 bits per heavy atom. The Bertz CT molecular complexity index is 520. The topological polar surface area (TPSA) is 0 Å². The van der Waals surface area contributed by atoms with Gasteiger partial charge in [-0.05, 0) is 37.0 Å². The van der Waals surface area contributed by atoms with Gasteiger partial charge in [-0.1, -0.05) is 89.6 Å². The van der Waals surface area contributed by atoms with Crippen LogP contribution in [0.2, 0.25) is 0 Å². The molecule has 1 aliphatic carbocycles. The lowest BCUT2D eigenvalue weighted by molar-refractivity contribution is 0.889. The Kier molecular flexibility index (Phi) is 5.58. The first-order chi connectivity index (χ1) is 10.3. The molecule has 0 heterocycles. The zero-order valence-corrected chi connectivity index (χ0v) is 15.0. The van der Waals surface area contributed by atoms with Gasteiger partial charge in [0.1, 0.15) is 0 Å². The van der Waals surface area contributed by atoms with Crippen LogP contribution in [0.3, 0.4) is 0 Å².